The smallest absolute Gasteiger partial charge is 0.306 e. The molecular weight excluding hydrogens is 274 g/mol. The number of likely N-dealkylation sites (tertiary alicyclic amines) is 1. The molecule has 1 heterocycles. The minimum Gasteiger partial charge on any atom is -0.481 e. The average Bonchev–Trinajstić information content (AvgIpc) is 2.39. The van der Waals surface area contributed by atoms with Crippen molar-refractivity contribution in [2.75, 3.05) is 13.1 Å². The van der Waals surface area contributed by atoms with Crippen molar-refractivity contribution in [2.45, 2.75) is 32.7 Å². The van der Waals surface area contributed by atoms with Gasteiger partial charge in [-0.05, 0) is 49.4 Å². The monoisotopic (exact) mass is 295 g/mol. The van der Waals surface area contributed by atoms with Gasteiger partial charge >= 0.3 is 5.97 Å². The fourth-order valence-corrected chi connectivity index (χ4v) is 3.19. The number of hydrogen-bond donors (Lipinski definition) is 1. The maximum absolute atomic E-state index is 11.0. The Morgan fingerprint density at radius 2 is 2.35 bits per heavy atom. The second kappa shape index (κ2) is 7.09. The van der Waals surface area contributed by atoms with Gasteiger partial charge in [-0.2, -0.15) is 0 Å². The lowest BCUT2D eigenvalue weighted by molar-refractivity contribution is -0.141. The lowest BCUT2D eigenvalue weighted by atomic mass is 9.89. The van der Waals surface area contributed by atoms with Crippen LogP contribution in [0.1, 0.15) is 31.7 Å². The van der Waals surface area contributed by atoms with Crippen molar-refractivity contribution < 1.29 is 9.90 Å². The van der Waals surface area contributed by atoms with Crippen molar-refractivity contribution in [3.63, 3.8) is 0 Å². The van der Waals surface area contributed by atoms with Crippen LogP contribution in [0.25, 0.3) is 0 Å². The van der Waals surface area contributed by atoms with Crippen molar-refractivity contribution >= 4 is 17.6 Å². The summed E-state index contributed by atoms with van der Waals surface area (Å²) in [6.45, 7) is 4.78. The van der Waals surface area contributed by atoms with Crippen molar-refractivity contribution in [3.8, 4) is 0 Å². The van der Waals surface area contributed by atoms with Crippen molar-refractivity contribution in [2.24, 2.45) is 11.8 Å². The topological polar surface area (TPSA) is 40.5 Å². The zero-order valence-electron chi connectivity index (χ0n) is 11.9. The summed E-state index contributed by atoms with van der Waals surface area (Å²) < 4.78 is 0. The second-order valence-electron chi connectivity index (χ2n) is 5.85. The minimum absolute atomic E-state index is 0.244. The van der Waals surface area contributed by atoms with Gasteiger partial charge in [0.1, 0.15) is 0 Å². The van der Waals surface area contributed by atoms with Crippen molar-refractivity contribution in [3.05, 3.63) is 34.9 Å². The molecule has 3 nitrogen and oxygen atoms in total. The standard InChI is InChI=1S/C16H22ClNO2/c1-12(16(19)20)8-13-5-3-7-18(10-13)11-14-4-2-6-15(17)9-14/h2,4,6,9,12-13H,3,5,7-8,10-11H2,1H3,(H,19,20). The third kappa shape index (κ3) is 4.50. The molecule has 0 radical (unpaired) electrons. The van der Waals surface area contributed by atoms with Crippen LogP contribution in [0.5, 0.6) is 0 Å². The van der Waals surface area contributed by atoms with Gasteiger partial charge in [-0.25, -0.2) is 0 Å². The fourth-order valence-electron chi connectivity index (χ4n) is 2.98. The third-order valence-electron chi connectivity index (χ3n) is 4.01. The molecule has 1 aromatic rings. The molecule has 0 amide bonds. The molecule has 110 valence electrons. The van der Waals surface area contributed by atoms with E-state index in [9.17, 15) is 4.79 Å². The Morgan fingerprint density at radius 3 is 3.05 bits per heavy atom. The lowest BCUT2D eigenvalue weighted by Gasteiger charge is -2.33. The lowest BCUT2D eigenvalue weighted by Crippen LogP contribution is -2.36. The Labute approximate surface area is 125 Å². The summed E-state index contributed by atoms with van der Waals surface area (Å²) in [7, 11) is 0. The Morgan fingerprint density at radius 1 is 1.55 bits per heavy atom. The Hall–Kier alpha value is -1.06. The van der Waals surface area contributed by atoms with Crippen LogP contribution in [0.4, 0.5) is 0 Å². The number of rotatable bonds is 5. The van der Waals surface area contributed by atoms with E-state index < -0.39 is 5.97 Å². The quantitative estimate of drug-likeness (QED) is 0.901. The number of benzene rings is 1. The number of aliphatic carboxylic acids is 1. The number of halogens is 1. The summed E-state index contributed by atoms with van der Waals surface area (Å²) in [5, 5.41) is 9.79. The normalized spacial score (nSPS) is 21.6. The number of piperidine rings is 1. The van der Waals surface area contributed by atoms with Gasteiger partial charge in [-0.1, -0.05) is 30.7 Å². The predicted octanol–water partition coefficient (Wildman–Crippen LogP) is 3.66. The van der Waals surface area contributed by atoms with Crippen LogP contribution in [0, 0.1) is 11.8 Å². The summed E-state index contributed by atoms with van der Waals surface area (Å²) >= 11 is 6.01. The molecule has 1 aliphatic rings. The number of hydrogen-bond acceptors (Lipinski definition) is 2. The van der Waals surface area contributed by atoms with Gasteiger partial charge in [-0.15, -0.1) is 0 Å². The molecule has 0 aromatic heterocycles. The molecule has 1 N–H and O–H groups in total. The SMILES string of the molecule is CC(CC1CCCN(Cc2cccc(Cl)c2)C1)C(=O)O. The van der Waals surface area contributed by atoms with Crippen molar-refractivity contribution in [1.82, 2.24) is 4.90 Å². The summed E-state index contributed by atoms with van der Waals surface area (Å²) in [6, 6.07) is 7.96. The molecule has 20 heavy (non-hydrogen) atoms. The number of carboxylic acids is 1. The van der Waals surface area contributed by atoms with Crippen molar-refractivity contribution in [1.29, 1.82) is 0 Å². The molecule has 0 aliphatic carbocycles. The highest BCUT2D eigenvalue weighted by atomic mass is 35.5. The van der Waals surface area contributed by atoms with E-state index in [1.165, 1.54) is 5.56 Å². The highest BCUT2D eigenvalue weighted by Gasteiger charge is 2.24. The van der Waals surface area contributed by atoms with Gasteiger partial charge in [-0.3, -0.25) is 9.69 Å². The van der Waals surface area contributed by atoms with Crippen LogP contribution < -0.4 is 0 Å². The van der Waals surface area contributed by atoms with E-state index >= 15 is 0 Å². The summed E-state index contributed by atoms with van der Waals surface area (Å²) in [4.78, 5) is 13.4. The molecule has 0 bridgehead atoms. The first-order valence-corrected chi connectivity index (χ1v) is 7.62. The van der Waals surface area contributed by atoms with E-state index in [4.69, 9.17) is 16.7 Å². The van der Waals surface area contributed by atoms with Gasteiger partial charge in [0.2, 0.25) is 0 Å². The zero-order valence-corrected chi connectivity index (χ0v) is 12.6. The maximum Gasteiger partial charge on any atom is 0.306 e. The molecule has 2 atom stereocenters. The highest BCUT2D eigenvalue weighted by molar-refractivity contribution is 6.30. The first-order valence-electron chi connectivity index (χ1n) is 7.24. The number of carbonyl (C=O) groups is 1. The molecule has 2 unspecified atom stereocenters. The minimum atomic E-state index is -0.683. The van der Waals surface area contributed by atoms with Gasteiger partial charge < -0.3 is 5.11 Å². The third-order valence-corrected chi connectivity index (χ3v) is 4.24. The van der Waals surface area contributed by atoms with Gasteiger partial charge in [0.15, 0.2) is 0 Å². The van der Waals surface area contributed by atoms with Crippen LogP contribution >= 0.6 is 11.6 Å². The summed E-state index contributed by atoms with van der Waals surface area (Å²) in [5.74, 6) is -0.433. The first-order chi connectivity index (χ1) is 9.54. The van der Waals surface area contributed by atoms with E-state index in [1.54, 1.807) is 6.92 Å². The molecule has 1 fully saturated rings. The molecular formula is C16H22ClNO2. The number of nitrogens with zero attached hydrogens (tertiary/aromatic N) is 1. The molecule has 4 heteroatoms. The van der Waals surface area contributed by atoms with Crippen LogP contribution in [-0.4, -0.2) is 29.1 Å². The summed E-state index contributed by atoms with van der Waals surface area (Å²) in [6.07, 6.45) is 3.07. The molecule has 1 aliphatic heterocycles. The van der Waals surface area contributed by atoms with Crippen LogP contribution in [0.15, 0.2) is 24.3 Å². The molecule has 0 spiro atoms. The van der Waals surface area contributed by atoms with E-state index in [0.717, 1.165) is 43.9 Å². The van der Waals surface area contributed by atoms with Gasteiger partial charge in [0.05, 0.1) is 5.92 Å². The Bertz CT molecular complexity index is 464. The zero-order chi connectivity index (χ0) is 14.5. The molecule has 0 saturated carbocycles. The largest absolute Gasteiger partial charge is 0.481 e. The fraction of sp³-hybridized carbons (Fsp3) is 0.562. The number of carboxylic acid groups (broad SMARTS) is 1. The maximum atomic E-state index is 11.0. The van der Waals surface area contributed by atoms with Crippen LogP contribution in [0.3, 0.4) is 0 Å². The van der Waals surface area contributed by atoms with E-state index in [0.29, 0.717) is 5.92 Å². The molecule has 1 aromatic carbocycles. The Kier molecular flexibility index (Phi) is 5.44. The first kappa shape index (κ1) is 15.3. The predicted molar refractivity (Wildman–Crippen MR) is 80.9 cm³/mol. The van der Waals surface area contributed by atoms with E-state index in [1.807, 2.05) is 18.2 Å². The Balaban J connectivity index is 1.88. The average molecular weight is 296 g/mol. The van der Waals surface area contributed by atoms with Crippen LogP contribution in [-0.2, 0) is 11.3 Å². The molecule has 1 saturated heterocycles. The van der Waals surface area contributed by atoms with Crippen LogP contribution in [0.2, 0.25) is 5.02 Å². The molecule has 2 rings (SSSR count). The summed E-state index contributed by atoms with van der Waals surface area (Å²) in [5.41, 5.74) is 1.23. The highest BCUT2D eigenvalue weighted by Crippen LogP contribution is 2.25. The second-order valence-corrected chi connectivity index (χ2v) is 6.28. The van der Waals surface area contributed by atoms with E-state index in [-0.39, 0.29) is 5.92 Å². The van der Waals surface area contributed by atoms with E-state index in [2.05, 4.69) is 11.0 Å². The van der Waals surface area contributed by atoms with Gasteiger partial charge in [0, 0.05) is 18.1 Å². The van der Waals surface area contributed by atoms with Gasteiger partial charge in [0.25, 0.3) is 0 Å².